The number of nitrogens with zero attached hydrogens (tertiary/aromatic N) is 3. The molecule has 0 saturated carbocycles. The van der Waals surface area contributed by atoms with Crippen LogP contribution in [0, 0.1) is 0 Å². The monoisotopic (exact) mass is 214 g/mol. The highest BCUT2D eigenvalue weighted by atomic mass is 16.3. The molecule has 86 valence electrons. The molecule has 0 aliphatic rings. The number of rotatable bonds is 7. The zero-order chi connectivity index (χ0) is 11.1. The Bertz CT molecular complexity index is 277. The zero-order valence-electron chi connectivity index (χ0n) is 8.93. The normalized spacial score (nSPS) is 13.0. The van der Waals surface area contributed by atoms with Gasteiger partial charge in [0.25, 0.3) is 0 Å². The van der Waals surface area contributed by atoms with Gasteiger partial charge in [-0.25, -0.2) is 4.68 Å². The predicted octanol–water partition coefficient (Wildman–Crippen LogP) is -0.869. The van der Waals surface area contributed by atoms with Crippen LogP contribution in [0.4, 0.5) is 0 Å². The molecular weight excluding hydrogens is 196 g/mol. The molecule has 0 saturated heterocycles. The van der Waals surface area contributed by atoms with E-state index in [-0.39, 0.29) is 19.3 Å². The molecular formula is C9H18N4O2. The van der Waals surface area contributed by atoms with Gasteiger partial charge in [0.1, 0.15) is 0 Å². The molecule has 1 atom stereocenters. The van der Waals surface area contributed by atoms with Crippen LogP contribution in [0.5, 0.6) is 0 Å². The maximum atomic E-state index is 8.71. The molecule has 3 N–H and O–H groups in total. The van der Waals surface area contributed by atoms with Gasteiger partial charge in [0, 0.05) is 25.4 Å². The molecule has 0 bridgehead atoms. The molecule has 1 heterocycles. The van der Waals surface area contributed by atoms with E-state index in [4.69, 9.17) is 10.2 Å². The largest absolute Gasteiger partial charge is 0.396 e. The lowest BCUT2D eigenvalue weighted by Gasteiger charge is -2.09. The fourth-order valence-corrected chi connectivity index (χ4v) is 1.21. The molecule has 1 rings (SSSR count). The minimum absolute atomic E-state index is 0.0666. The summed E-state index contributed by atoms with van der Waals surface area (Å²) in [5.41, 5.74) is 0.841. The molecule has 1 aromatic rings. The van der Waals surface area contributed by atoms with Crippen LogP contribution in [0.1, 0.15) is 19.0 Å². The number of aliphatic hydroxyl groups is 2. The van der Waals surface area contributed by atoms with Gasteiger partial charge in [-0.1, -0.05) is 5.21 Å². The Balaban J connectivity index is 2.30. The van der Waals surface area contributed by atoms with Crippen LogP contribution in [0.25, 0.3) is 0 Å². The number of aliphatic hydroxyl groups excluding tert-OH is 2. The van der Waals surface area contributed by atoms with Crippen LogP contribution in [0.2, 0.25) is 0 Å². The average Bonchev–Trinajstić information content (AvgIpc) is 2.64. The molecule has 0 spiro atoms. The van der Waals surface area contributed by atoms with Crippen molar-refractivity contribution in [1.29, 1.82) is 0 Å². The zero-order valence-corrected chi connectivity index (χ0v) is 8.93. The van der Waals surface area contributed by atoms with Gasteiger partial charge in [-0.2, -0.15) is 0 Å². The van der Waals surface area contributed by atoms with E-state index in [0.717, 1.165) is 12.1 Å². The summed E-state index contributed by atoms with van der Waals surface area (Å²) in [4.78, 5) is 0. The fourth-order valence-electron chi connectivity index (χ4n) is 1.21. The fraction of sp³-hybridized carbons (Fsp3) is 0.778. The van der Waals surface area contributed by atoms with Crippen molar-refractivity contribution >= 4 is 0 Å². The van der Waals surface area contributed by atoms with Crippen molar-refractivity contribution in [2.75, 3.05) is 13.2 Å². The highest BCUT2D eigenvalue weighted by molar-refractivity contribution is 4.91. The van der Waals surface area contributed by atoms with Gasteiger partial charge in [0.05, 0.1) is 18.8 Å². The smallest absolute Gasteiger partial charge is 0.0964 e. The summed E-state index contributed by atoms with van der Waals surface area (Å²) < 4.78 is 1.60. The number of hydrogen-bond donors (Lipinski definition) is 3. The Morgan fingerprint density at radius 3 is 2.93 bits per heavy atom. The van der Waals surface area contributed by atoms with E-state index in [1.807, 2.05) is 6.92 Å². The lowest BCUT2D eigenvalue weighted by Crippen LogP contribution is -2.26. The lowest BCUT2D eigenvalue weighted by atomic mass is 10.2. The van der Waals surface area contributed by atoms with E-state index in [9.17, 15) is 0 Å². The third kappa shape index (κ3) is 4.37. The van der Waals surface area contributed by atoms with E-state index in [0.29, 0.717) is 13.1 Å². The highest BCUT2D eigenvalue weighted by Gasteiger charge is 2.03. The third-order valence-corrected chi connectivity index (χ3v) is 2.11. The molecule has 6 heteroatoms. The number of hydrogen-bond acceptors (Lipinski definition) is 5. The number of aromatic nitrogens is 3. The molecule has 1 aromatic heterocycles. The van der Waals surface area contributed by atoms with Crippen molar-refractivity contribution in [1.82, 2.24) is 20.3 Å². The van der Waals surface area contributed by atoms with Gasteiger partial charge in [-0.05, 0) is 13.3 Å². The van der Waals surface area contributed by atoms with Gasteiger partial charge >= 0.3 is 0 Å². The quantitative estimate of drug-likeness (QED) is 0.549. The van der Waals surface area contributed by atoms with Crippen LogP contribution >= 0.6 is 0 Å². The van der Waals surface area contributed by atoms with Gasteiger partial charge in [-0.3, -0.25) is 0 Å². The van der Waals surface area contributed by atoms with Gasteiger partial charge in [-0.15, -0.1) is 5.10 Å². The summed E-state index contributed by atoms with van der Waals surface area (Å²) in [6.07, 6.45) is 2.53. The first-order valence-corrected chi connectivity index (χ1v) is 5.10. The average molecular weight is 214 g/mol. The lowest BCUT2D eigenvalue weighted by molar-refractivity contribution is 0.267. The summed E-state index contributed by atoms with van der Waals surface area (Å²) in [6, 6.07) is 0.262. The molecule has 0 aromatic carbocycles. The van der Waals surface area contributed by atoms with Gasteiger partial charge in [0.15, 0.2) is 0 Å². The molecule has 0 radical (unpaired) electrons. The molecule has 0 amide bonds. The van der Waals surface area contributed by atoms with Crippen LogP contribution in [-0.4, -0.2) is 44.5 Å². The summed E-state index contributed by atoms with van der Waals surface area (Å²) >= 11 is 0. The summed E-state index contributed by atoms with van der Waals surface area (Å²) in [5, 5.41) is 28.4. The van der Waals surface area contributed by atoms with Crippen molar-refractivity contribution in [2.24, 2.45) is 0 Å². The molecule has 6 nitrogen and oxygen atoms in total. The van der Waals surface area contributed by atoms with Crippen LogP contribution in [0.3, 0.4) is 0 Å². The Morgan fingerprint density at radius 2 is 2.27 bits per heavy atom. The Morgan fingerprint density at radius 1 is 1.47 bits per heavy atom. The van der Waals surface area contributed by atoms with Crippen LogP contribution in [0.15, 0.2) is 6.20 Å². The van der Waals surface area contributed by atoms with Crippen molar-refractivity contribution in [3.05, 3.63) is 11.9 Å². The van der Waals surface area contributed by atoms with E-state index < -0.39 is 0 Å². The van der Waals surface area contributed by atoms with Gasteiger partial charge < -0.3 is 15.5 Å². The molecule has 1 unspecified atom stereocenters. The topological polar surface area (TPSA) is 83.2 Å². The second kappa shape index (κ2) is 6.49. The third-order valence-electron chi connectivity index (χ3n) is 2.11. The van der Waals surface area contributed by atoms with Crippen molar-refractivity contribution < 1.29 is 10.2 Å². The molecule has 0 fully saturated rings. The minimum Gasteiger partial charge on any atom is -0.396 e. The number of nitrogens with one attached hydrogen (secondary N) is 1. The second-order valence-electron chi connectivity index (χ2n) is 3.49. The standard InChI is InChI=1S/C9H18N4O2/c1-8(2-4-14)10-6-9-7-13(3-5-15)12-11-9/h7-8,10,14-15H,2-6H2,1H3. The SMILES string of the molecule is CC(CCO)NCc1cn(CCO)nn1. The summed E-state index contributed by atoms with van der Waals surface area (Å²) in [5.74, 6) is 0. The van der Waals surface area contributed by atoms with Gasteiger partial charge in [0.2, 0.25) is 0 Å². The van der Waals surface area contributed by atoms with E-state index >= 15 is 0 Å². The van der Waals surface area contributed by atoms with Crippen molar-refractivity contribution in [2.45, 2.75) is 32.5 Å². The molecule has 15 heavy (non-hydrogen) atoms. The van der Waals surface area contributed by atoms with Crippen molar-refractivity contribution in [3.63, 3.8) is 0 Å². The summed E-state index contributed by atoms with van der Waals surface area (Å²) in [6.45, 7) is 3.36. The predicted molar refractivity (Wildman–Crippen MR) is 55.1 cm³/mol. The molecule has 0 aliphatic carbocycles. The second-order valence-corrected chi connectivity index (χ2v) is 3.49. The molecule has 0 aliphatic heterocycles. The Labute approximate surface area is 88.9 Å². The Kier molecular flexibility index (Phi) is 5.23. The Hall–Kier alpha value is -0.980. The summed E-state index contributed by atoms with van der Waals surface area (Å²) in [7, 11) is 0. The van der Waals surface area contributed by atoms with Crippen LogP contribution in [-0.2, 0) is 13.1 Å². The first kappa shape index (κ1) is 12.1. The first-order valence-electron chi connectivity index (χ1n) is 5.10. The van der Waals surface area contributed by atoms with E-state index in [1.165, 1.54) is 0 Å². The van der Waals surface area contributed by atoms with E-state index in [2.05, 4.69) is 15.6 Å². The minimum atomic E-state index is 0.0666. The van der Waals surface area contributed by atoms with E-state index in [1.54, 1.807) is 10.9 Å². The maximum absolute atomic E-state index is 8.71. The first-order chi connectivity index (χ1) is 7.26. The van der Waals surface area contributed by atoms with Crippen molar-refractivity contribution in [3.8, 4) is 0 Å². The maximum Gasteiger partial charge on any atom is 0.0964 e. The highest BCUT2D eigenvalue weighted by Crippen LogP contribution is 1.95. The van der Waals surface area contributed by atoms with Crippen LogP contribution < -0.4 is 5.32 Å².